The lowest BCUT2D eigenvalue weighted by Gasteiger charge is -2.31. The van der Waals surface area contributed by atoms with Crippen LogP contribution < -0.4 is 5.32 Å². The minimum atomic E-state index is -0.416. The lowest BCUT2D eigenvalue weighted by Crippen LogP contribution is -2.47. The number of nitrogens with zero attached hydrogens (tertiary/aromatic N) is 2. The number of nitro groups is 1. The Morgan fingerprint density at radius 1 is 1.48 bits per heavy atom. The molecule has 114 valence electrons. The molecular weight excluding hydrogens is 270 g/mol. The third-order valence-corrected chi connectivity index (χ3v) is 4.10. The van der Waals surface area contributed by atoms with Crippen LogP contribution in [-0.4, -0.2) is 35.4 Å². The van der Waals surface area contributed by atoms with Crippen LogP contribution in [0, 0.1) is 10.1 Å². The van der Waals surface area contributed by atoms with Crippen LogP contribution in [0.15, 0.2) is 24.3 Å². The van der Waals surface area contributed by atoms with Crippen molar-refractivity contribution >= 4 is 11.6 Å². The van der Waals surface area contributed by atoms with E-state index in [1.54, 1.807) is 18.0 Å². The van der Waals surface area contributed by atoms with Gasteiger partial charge in [-0.15, -0.1) is 0 Å². The molecular formula is C15H21N3O3. The van der Waals surface area contributed by atoms with Gasteiger partial charge in [-0.3, -0.25) is 14.9 Å². The van der Waals surface area contributed by atoms with Crippen LogP contribution in [0.25, 0.3) is 0 Å². The highest BCUT2D eigenvalue weighted by Gasteiger charge is 2.27. The second-order valence-electron chi connectivity index (χ2n) is 5.48. The monoisotopic (exact) mass is 291 g/mol. The fourth-order valence-corrected chi connectivity index (χ4v) is 2.62. The van der Waals surface area contributed by atoms with Crippen LogP contribution in [0.4, 0.5) is 5.69 Å². The molecule has 1 aliphatic heterocycles. The standard InChI is InChI=1S/C15H21N3O3/c1-11(12-6-5-7-13(10-12)18(20)21)17(2)15(19)14-8-3-4-9-16-14/h5-7,10-11,14,16H,3-4,8-9H2,1-2H3/t11?,14-/m1/s1. The Morgan fingerprint density at radius 2 is 2.24 bits per heavy atom. The first-order valence-corrected chi connectivity index (χ1v) is 7.25. The number of nitrogens with one attached hydrogen (secondary N) is 1. The number of nitro benzene ring substituents is 1. The number of carbonyl (C=O) groups is 1. The summed E-state index contributed by atoms with van der Waals surface area (Å²) in [6.07, 6.45) is 3.02. The van der Waals surface area contributed by atoms with E-state index in [0.29, 0.717) is 0 Å². The number of likely N-dealkylation sites (N-methyl/N-ethyl adjacent to an activating group) is 1. The van der Waals surface area contributed by atoms with Crippen molar-refractivity contribution in [1.29, 1.82) is 0 Å². The van der Waals surface area contributed by atoms with Crippen LogP contribution in [-0.2, 0) is 4.79 Å². The largest absolute Gasteiger partial charge is 0.338 e. The van der Waals surface area contributed by atoms with Crippen molar-refractivity contribution in [3.05, 3.63) is 39.9 Å². The van der Waals surface area contributed by atoms with E-state index < -0.39 is 4.92 Å². The molecule has 6 heteroatoms. The molecule has 1 unspecified atom stereocenters. The molecule has 1 aromatic carbocycles. The van der Waals surface area contributed by atoms with Gasteiger partial charge in [-0.25, -0.2) is 0 Å². The van der Waals surface area contributed by atoms with Gasteiger partial charge in [0, 0.05) is 19.2 Å². The average molecular weight is 291 g/mol. The Hall–Kier alpha value is -1.95. The molecule has 21 heavy (non-hydrogen) atoms. The summed E-state index contributed by atoms with van der Waals surface area (Å²) in [5, 5.41) is 14.1. The van der Waals surface area contributed by atoms with Gasteiger partial charge in [0.15, 0.2) is 0 Å². The van der Waals surface area contributed by atoms with Gasteiger partial charge in [0.05, 0.1) is 17.0 Å². The van der Waals surface area contributed by atoms with Gasteiger partial charge in [0.25, 0.3) is 5.69 Å². The Morgan fingerprint density at radius 3 is 2.86 bits per heavy atom. The highest BCUT2D eigenvalue weighted by atomic mass is 16.6. The van der Waals surface area contributed by atoms with Crippen LogP contribution >= 0.6 is 0 Å². The fourth-order valence-electron chi connectivity index (χ4n) is 2.62. The Bertz CT molecular complexity index is 527. The first kappa shape index (κ1) is 15.4. The number of hydrogen-bond acceptors (Lipinski definition) is 4. The molecule has 2 atom stereocenters. The molecule has 0 spiro atoms. The summed E-state index contributed by atoms with van der Waals surface area (Å²) in [7, 11) is 1.75. The maximum absolute atomic E-state index is 12.5. The first-order valence-electron chi connectivity index (χ1n) is 7.25. The van der Waals surface area contributed by atoms with Gasteiger partial charge in [-0.2, -0.15) is 0 Å². The van der Waals surface area contributed by atoms with E-state index in [1.165, 1.54) is 12.1 Å². The molecule has 0 aliphatic carbocycles. The number of non-ortho nitro benzene ring substituents is 1. The van der Waals surface area contributed by atoms with Crippen LogP contribution in [0.1, 0.15) is 37.8 Å². The van der Waals surface area contributed by atoms with Gasteiger partial charge in [0.2, 0.25) is 5.91 Å². The molecule has 1 aliphatic rings. The van der Waals surface area contributed by atoms with E-state index in [1.807, 2.05) is 13.0 Å². The summed E-state index contributed by atoms with van der Waals surface area (Å²) in [6.45, 7) is 2.76. The zero-order valence-corrected chi connectivity index (χ0v) is 12.4. The predicted molar refractivity (Wildman–Crippen MR) is 79.9 cm³/mol. The lowest BCUT2D eigenvalue weighted by atomic mass is 10.0. The second-order valence-corrected chi connectivity index (χ2v) is 5.48. The van der Waals surface area contributed by atoms with Crippen molar-refractivity contribution in [3.8, 4) is 0 Å². The summed E-state index contributed by atoms with van der Waals surface area (Å²) < 4.78 is 0. The van der Waals surface area contributed by atoms with E-state index >= 15 is 0 Å². The van der Waals surface area contributed by atoms with Gasteiger partial charge in [-0.05, 0) is 31.9 Å². The number of rotatable bonds is 4. The highest BCUT2D eigenvalue weighted by molar-refractivity contribution is 5.82. The summed E-state index contributed by atoms with van der Waals surface area (Å²) in [5.74, 6) is 0.0497. The van der Waals surface area contributed by atoms with Gasteiger partial charge in [0.1, 0.15) is 0 Å². The van der Waals surface area contributed by atoms with Crippen molar-refractivity contribution in [2.24, 2.45) is 0 Å². The van der Waals surface area contributed by atoms with E-state index in [0.717, 1.165) is 31.4 Å². The minimum absolute atomic E-state index is 0.0497. The van der Waals surface area contributed by atoms with Gasteiger partial charge in [-0.1, -0.05) is 18.6 Å². The molecule has 0 saturated carbocycles. The van der Waals surface area contributed by atoms with Crippen molar-refractivity contribution in [2.75, 3.05) is 13.6 Å². The maximum Gasteiger partial charge on any atom is 0.269 e. The van der Waals surface area contributed by atoms with Crippen molar-refractivity contribution in [3.63, 3.8) is 0 Å². The Balaban J connectivity index is 2.10. The van der Waals surface area contributed by atoms with E-state index in [4.69, 9.17) is 0 Å². The molecule has 0 aromatic heterocycles. The number of benzene rings is 1. The van der Waals surface area contributed by atoms with E-state index in [2.05, 4.69) is 5.32 Å². The third-order valence-electron chi connectivity index (χ3n) is 4.10. The van der Waals surface area contributed by atoms with Crippen LogP contribution in [0.3, 0.4) is 0 Å². The molecule has 1 aromatic rings. The fraction of sp³-hybridized carbons (Fsp3) is 0.533. The summed E-state index contributed by atoms with van der Waals surface area (Å²) in [6, 6.07) is 6.13. The summed E-state index contributed by atoms with van der Waals surface area (Å²) >= 11 is 0. The van der Waals surface area contributed by atoms with Crippen molar-refractivity contribution < 1.29 is 9.72 Å². The Labute approximate surface area is 124 Å². The molecule has 0 bridgehead atoms. The van der Waals surface area contributed by atoms with E-state index in [9.17, 15) is 14.9 Å². The number of hydrogen-bond donors (Lipinski definition) is 1. The maximum atomic E-state index is 12.5. The number of carbonyl (C=O) groups excluding carboxylic acids is 1. The second kappa shape index (κ2) is 6.67. The van der Waals surface area contributed by atoms with Crippen LogP contribution in [0.5, 0.6) is 0 Å². The van der Waals surface area contributed by atoms with Crippen molar-refractivity contribution in [1.82, 2.24) is 10.2 Å². The minimum Gasteiger partial charge on any atom is -0.338 e. The average Bonchev–Trinajstić information content (AvgIpc) is 2.53. The third kappa shape index (κ3) is 3.58. The van der Waals surface area contributed by atoms with Gasteiger partial charge < -0.3 is 10.2 Å². The SMILES string of the molecule is CC(c1cccc([N+](=O)[O-])c1)N(C)C(=O)[C@H]1CCCCN1. The Kier molecular flexibility index (Phi) is 4.90. The number of amides is 1. The molecule has 1 fully saturated rings. The normalized spacial score (nSPS) is 19.8. The van der Waals surface area contributed by atoms with Gasteiger partial charge >= 0.3 is 0 Å². The summed E-state index contributed by atoms with van der Waals surface area (Å²) in [5.41, 5.74) is 0.826. The molecule has 1 N–H and O–H groups in total. The molecule has 1 heterocycles. The van der Waals surface area contributed by atoms with Crippen molar-refractivity contribution in [2.45, 2.75) is 38.3 Å². The topological polar surface area (TPSA) is 75.5 Å². The van der Waals surface area contributed by atoms with E-state index in [-0.39, 0.29) is 23.7 Å². The smallest absolute Gasteiger partial charge is 0.269 e. The zero-order valence-electron chi connectivity index (χ0n) is 12.4. The molecule has 2 rings (SSSR count). The summed E-state index contributed by atoms with van der Waals surface area (Å²) in [4.78, 5) is 24.6. The molecule has 6 nitrogen and oxygen atoms in total. The molecule has 1 amide bonds. The molecule has 0 radical (unpaired) electrons. The first-order chi connectivity index (χ1) is 10.0. The molecule has 1 saturated heterocycles. The highest BCUT2D eigenvalue weighted by Crippen LogP contribution is 2.24. The zero-order chi connectivity index (χ0) is 15.4. The predicted octanol–water partition coefficient (Wildman–Crippen LogP) is 2.26. The number of piperidine rings is 1. The van der Waals surface area contributed by atoms with Crippen LogP contribution in [0.2, 0.25) is 0 Å². The quantitative estimate of drug-likeness (QED) is 0.682. The lowest BCUT2D eigenvalue weighted by molar-refractivity contribution is -0.384.